The molecule has 1 saturated heterocycles. The van der Waals surface area contributed by atoms with Crippen molar-refractivity contribution in [2.75, 3.05) is 19.7 Å². The highest BCUT2D eigenvalue weighted by molar-refractivity contribution is 7.17. The van der Waals surface area contributed by atoms with Crippen molar-refractivity contribution < 1.29 is 4.74 Å². The highest BCUT2D eigenvalue weighted by Crippen LogP contribution is 2.14. The summed E-state index contributed by atoms with van der Waals surface area (Å²) in [4.78, 5) is 18.9. The summed E-state index contributed by atoms with van der Waals surface area (Å²) in [6, 6.07) is 1.86. The first-order valence-electron chi connectivity index (χ1n) is 6.58. The lowest BCUT2D eigenvalue weighted by Gasteiger charge is -2.08. The standard InChI is InChI=1S/C13H17N3O2S/c17-13-12-10(3-6-19-12)15-11(16-13)8-18-5-2-9-1-4-14-7-9/h3,6,9,14H,1-2,4-5,7-8H2,(H,15,16,17). The minimum absolute atomic E-state index is 0.0707. The Labute approximate surface area is 115 Å². The van der Waals surface area contributed by atoms with E-state index in [0.717, 1.165) is 37.6 Å². The fourth-order valence-corrected chi connectivity index (χ4v) is 3.10. The molecule has 0 aliphatic carbocycles. The van der Waals surface area contributed by atoms with Gasteiger partial charge in [0.05, 0.1) is 5.52 Å². The van der Waals surface area contributed by atoms with Crippen LogP contribution < -0.4 is 10.9 Å². The Kier molecular flexibility index (Phi) is 3.91. The number of hydrogen-bond donors (Lipinski definition) is 2. The smallest absolute Gasteiger partial charge is 0.268 e. The molecular formula is C13H17N3O2S. The van der Waals surface area contributed by atoms with Gasteiger partial charge in [-0.05, 0) is 43.3 Å². The fraction of sp³-hybridized carbons (Fsp3) is 0.538. The molecule has 0 amide bonds. The molecule has 5 nitrogen and oxygen atoms in total. The second-order valence-corrected chi connectivity index (χ2v) is 5.76. The molecule has 1 atom stereocenters. The molecule has 0 bridgehead atoms. The Morgan fingerprint density at radius 1 is 1.53 bits per heavy atom. The number of aromatic nitrogens is 2. The van der Waals surface area contributed by atoms with Gasteiger partial charge in [0.2, 0.25) is 0 Å². The molecule has 2 N–H and O–H groups in total. The first kappa shape index (κ1) is 12.8. The maximum atomic E-state index is 11.8. The van der Waals surface area contributed by atoms with Crippen molar-refractivity contribution in [1.29, 1.82) is 0 Å². The zero-order valence-corrected chi connectivity index (χ0v) is 11.5. The Balaban J connectivity index is 1.54. The van der Waals surface area contributed by atoms with Gasteiger partial charge in [0, 0.05) is 6.61 Å². The molecule has 102 valence electrons. The highest BCUT2D eigenvalue weighted by atomic mass is 32.1. The van der Waals surface area contributed by atoms with Crippen LogP contribution in [0.1, 0.15) is 18.7 Å². The predicted octanol–water partition coefficient (Wildman–Crippen LogP) is 1.50. The van der Waals surface area contributed by atoms with E-state index in [1.165, 1.54) is 17.8 Å². The molecule has 3 heterocycles. The van der Waals surface area contributed by atoms with E-state index in [1.807, 2.05) is 11.4 Å². The van der Waals surface area contributed by atoms with E-state index >= 15 is 0 Å². The summed E-state index contributed by atoms with van der Waals surface area (Å²) in [5.74, 6) is 1.34. The number of ether oxygens (including phenoxy) is 1. The number of rotatable bonds is 5. The zero-order valence-electron chi connectivity index (χ0n) is 10.6. The number of aromatic amines is 1. The van der Waals surface area contributed by atoms with E-state index in [9.17, 15) is 4.79 Å². The highest BCUT2D eigenvalue weighted by Gasteiger charge is 2.13. The normalized spacial score (nSPS) is 19.3. The van der Waals surface area contributed by atoms with Crippen molar-refractivity contribution >= 4 is 21.6 Å². The van der Waals surface area contributed by atoms with Gasteiger partial charge in [0.15, 0.2) is 0 Å². The van der Waals surface area contributed by atoms with E-state index in [4.69, 9.17) is 4.74 Å². The minimum atomic E-state index is -0.0707. The number of thiophene rings is 1. The molecule has 0 spiro atoms. The summed E-state index contributed by atoms with van der Waals surface area (Å²) in [5.41, 5.74) is 0.686. The molecule has 3 rings (SSSR count). The van der Waals surface area contributed by atoms with Crippen LogP contribution in [0.15, 0.2) is 16.2 Å². The van der Waals surface area contributed by atoms with Gasteiger partial charge in [-0.2, -0.15) is 0 Å². The minimum Gasteiger partial charge on any atom is -0.374 e. The maximum absolute atomic E-state index is 11.8. The van der Waals surface area contributed by atoms with Gasteiger partial charge >= 0.3 is 0 Å². The van der Waals surface area contributed by atoms with Gasteiger partial charge in [-0.25, -0.2) is 4.98 Å². The molecule has 6 heteroatoms. The number of fused-ring (bicyclic) bond motifs is 1. The van der Waals surface area contributed by atoms with Crippen LogP contribution in [-0.2, 0) is 11.3 Å². The van der Waals surface area contributed by atoms with Crippen LogP contribution in [0.25, 0.3) is 10.2 Å². The molecule has 19 heavy (non-hydrogen) atoms. The lowest BCUT2D eigenvalue weighted by atomic mass is 10.1. The molecule has 2 aromatic heterocycles. The SMILES string of the molecule is O=c1[nH]c(COCCC2CCNC2)nc2ccsc12. The summed E-state index contributed by atoms with van der Waals surface area (Å²) in [7, 11) is 0. The van der Waals surface area contributed by atoms with Gasteiger partial charge in [0.25, 0.3) is 5.56 Å². The van der Waals surface area contributed by atoms with E-state index < -0.39 is 0 Å². The Hall–Kier alpha value is -1.24. The summed E-state index contributed by atoms with van der Waals surface area (Å²) < 4.78 is 6.29. The average Bonchev–Trinajstić information content (AvgIpc) is 3.05. The molecule has 1 aliphatic heterocycles. The summed E-state index contributed by atoms with van der Waals surface area (Å²) in [6.45, 7) is 3.31. The Bertz CT molecular complexity index is 601. The van der Waals surface area contributed by atoms with Crippen molar-refractivity contribution in [2.24, 2.45) is 5.92 Å². The van der Waals surface area contributed by atoms with Crippen molar-refractivity contribution in [1.82, 2.24) is 15.3 Å². The average molecular weight is 279 g/mol. The molecule has 1 fully saturated rings. The summed E-state index contributed by atoms with van der Waals surface area (Å²) >= 11 is 1.41. The summed E-state index contributed by atoms with van der Waals surface area (Å²) in [6.07, 6.45) is 2.30. The monoisotopic (exact) mass is 279 g/mol. The molecule has 0 saturated carbocycles. The van der Waals surface area contributed by atoms with Crippen molar-refractivity contribution in [2.45, 2.75) is 19.4 Å². The fourth-order valence-electron chi connectivity index (χ4n) is 2.37. The third-order valence-electron chi connectivity index (χ3n) is 3.44. The first-order valence-corrected chi connectivity index (χ1v) is 7.46. The first-order chi connectivity index (χ1) is 9.33. The van der Waals surface area contributed by atoms with Crippen LogP contribution >= 0.6 is 11.3 Å². The molecule has 0 radical (unpaired) electrons. The van der Waals surface area contributed by atoms with Crippen LogP contribution in [0.4, 0.5) is 0 Å². The van der Waals surface area contributed by atoms with Crippen molar-refractivity contribution in [3.05, 3.63) is 27.6 Å². The van der Waals surface area contributed by atoms with E-state index in [1.54, 1.807) is 0 Å². The number of nitrogens with zero attached hydrogens (tertiary/aromatic N) is 1. The lowest BCUT2D eigenvalue weighted by molar-refractivity contribution is 0.104. The van der Waals surface area contributed by atoms with Gasteiger partial charge in [-0.3, -0.25) is 4.79 Å². The van der Waals surface area contributed by atoms with Gasteiger partial charge in [0.1, 0.15) is 17.1 Å². The summed E-state index contributed by atoms with van der Waals surface area (Å²) in [5, 5.41) is 5.22. The quantitative estimate of drug-likeness (QED) is 0.814. The molecule has 1 aliphatic rings. The predicted molar refractivity (Wildman–Crippen MR) is 75.5 cm³/mol. The topological polar surface area (TPSA) is 67.0 Å². The van der Waals surface area contributed by atoms with Crippen LogP contribution in [0.3, 0.4) is 0 Å². The van der Waals surface area contributed by atoms with E-state index in [-0.39, 0.29) is 5.56 Å². The third-order valence-corrected chi connectivity index (χ3v) is 4.34. The third kappa shape index (κ3) is 3.02. The van der Waals surface area contributed by atoms with Crippen LogP contribution in [0, 0.1) is 5.92 Å². The number of hydrogen-bond acceptors (Lipinski definition) is 5. The van der Waals surface area contributed by atoms with Crippen LogP contribution in [0.5, 0.6) is 0 Å². The van der Waals surface area contributed by atoms with E-state index in [0.29, 0.717) is 17.1 Å². The zero-order chi connectivity index (χ0) is 13.1. The number of nitrogens with one attached hydrogen (secondary N) is 2. The molecule has 0 aromatic carbocycles. The molecule has 1 unspecified atom stereocenters. The van der Waals surface area contributed by atoms with Crippen molar-refractivity contribution in [3.8, 4) is 0 Å². The number of H-pyrrole nitrogens is 1. The molecule has 2 aromatic rings. The largest absolute Gasteiger partial charge is 0.374 e. The second-order valence-electron chi connectivity index (χ2n) is 4.85. The van der Waals surface area contributed by atoms with Crippen molar-refractivity contribution in [3.63, 3.8) is 0 Å². The van der Waals surface area contributed by atoms with Gasteiger partial charge < -0.3 is 15.0 Å². The Morgan fingerprint density at radius 2 is 2.47 bits per heavy atom. The lowest BCUT2D eigenvalue weighted by Crippen LogP contribution is -2.13. The Morgan fingerprint density at radius 3 is 3.32 bits per heavy atom. The van der Waals surface area contributed by atoms with Gasteiger partial charge in [-0.15, -0.1) is 11.3 Å². The van der Waals surface area contributed by atoms with Crippen LogP contribution in [-0.4, -0.2) is 29.7 Å². The van der Waals surface area contributed by atoms with Crippen LogP contribution in [0.2, 0.25) is 0 Å². The molecular weight excluding hydrogens is 262 g/mol. The van der Waals surface area contributed by atoms with E-state index in [2.05, 4.69) is 15.3 Å². The second kappa shape index (κ2) is 5.81. The maximum Gasteiger partial charge on any atom is 0.268 e. The van der Waals surface area contributed by atoms with Gasteiger partial charge in [-0.1, -0.05) is 0 Å².